The van der Waals surface area contributed by atoms with Gasteiger partial charge in [0.1, 0.15) is 0 Å². The Balaban J connectivity index is 1.86. The van der Waals surface area contributed by atoms with Crippen molar-refractivity contribution in [2.45, 2.75) is 55.1 Å². The van der Waals surface area contributed by atoms with Crippen molar-refractivity contribution in [3.63, 3.8) is 0 Å². The van der Waals surface area contributed by atoms with Gasteiger partial charge in [-0.1, -0.05) is 31.4 Å². The molecule has 3 rings (SSSR count). The van der Waals surface area contributed by atoms with E-state index in [1.807, 2.05) is 12.1 Å². The predicted molar refractivity (Wildman–Crippen MR) is 102 cm³/mol. The van der Waals surface area contributed by atoms with E-state index in [0.29, 0.717) is 5.92 Å². The maximum absolute atomic E-state index is 13.1. The molecule has 0 unspecified atom stereocenters. The average molecular weight is 418 g/mol. The summed E-state index contributed by atoms with van der Waals surface area (Å²) in [7, 11) is -7.54. The van der Waals surface area contributed by atoms with Crippen LogP contribution in [-0.4, -0.2) is 68.2 Å². The second-order valence-corrected chi connectivity index (χ2v) is 11.5. The average Bonchev–Trinajstić information content (AvgIpc) is 2.92. The lowest BCUT2D eigenvalue weighted by Crippen LogP contribution is -2.47. The summed E-state index contributed by atoms with van der Waals surface area (Å²) in [4.78, 5) is 0.0482. The van der Waals surface area contributed by atoms with Gasteiger partial charge in [-0.15, -0.1) is 0 Å². The molecule has 0 spiro atoms. The fraction of sp³-hybridized carbons (Fsp3) is 0.667. The molecule has 27 heavy (non-hydrogen) atoms. The maximum atomic E-state index is 13.1. The molecule has 0 bridgehead atoms. The first kappa shape index (κ1) is 20.7. The van der Waals surface area contributed by atoms with Crippen molar-refractivity contribution in [1.29, 1.82) is 0 Å². The SMILES string of the molecule is O=S1(=O)C[C@@H](N(CCO)S(=O)(=O)c2ccc(C3CCCCC3)cc2)[C@@H](O)C1. The van der Waals surface area contributed by atoms with E-state index in [4.69, 9.17) is 0 Å². The van der Waals surface area contributed by atoms with Gasteiger partial charge in [0.15, 0.2) is 9.84 Å². The van der Waals surface area contributed by atoms with Crippen molar-refractivity contribution in [2.24, 2.45) is 0 Å². The zero-order valence-corrected chi connectivity index (χ0v) is 16.8. The quantitative estimate of drug-likeness (QED) is 0.710. The number of hydrogen-bond acceptors (Lipinski definition) is 6. The Kier molecular flexibility index (Phi) is 6.27. The van der Waals surface area contributed by atoms with Crippen molar-refractivity contribution in [2.75, 3.05) is 24.7 Å². The van der Waals surface area contributed by atoms with Gasteiger partial charge in [0.05, 0.1) is 35.2 Å². The molecule has 2 N–H and O–H groups in total. The third-order valence-electron chi connectivity index (χ3n) is 5.55. The van der Waals surface area contributed by atoms with Crippen LogP contribution in [0.4, 0.5) is 0 Å². The number of sulfone groups is 1. The lowest BCUT2D eigenvalue weighted by molar-refractivity contribution is 0.117. The highest BCUT2D eigenvalue weighted by molar-refractivity contribution is 7.92. The van der Waals surface area contributed by atoms with Crippen LogP contribution in [0.15, 0.2) is 29.2 Å². The summed E-state index contributed by atoms with van der Waals surface area (Å²) in [5, 5.41) is 19.4. The van der Waals surface area contributed by atoms with E-state index in [1.54, 1.807) is 12.1 Å². The highest BCUT2D eigenvalue weighted by Gasteiger charge is 2.44. The molecule has 152 valence electrons. The Bertz CT molecular complexity index is 844. The van der Waals surface area contributed by atoms with Crippen LogP contribution in [0.1, 0.15) is 43.6 Å². The summed E-state index contributed by atoms with van der Waals surface area (Å²) < 4.78 is 50.7. The van der Waals surface area contributed by atoms with E-state index in [-0.39, 0.29) is 11.4 Å². The molecule has 1 aliphatic heterocycles. The minimum Gasteiger partial charge on any atom is -0.395 e. The van der Waals surface area contributed by atoms with Crippen LogP contribution in [0.25, 0.3) is 0 Å². The van der Waals surface area contributed by atoms with Crippen LogP contribution in [0.5, 0.6) is 0 Å². The van der Waals surface area contributed by atoms with Crippen molar-refractivity contribution in [3.05, 3.63) is 29.8 Å². The highest BCUT2D eigenvalue weighted by atomic mass is 32.2. The van der Waals surface area contributed by atoms with E-state index in [0.717, 1.165) is 22.7 Å². The first-order valence-electron chi connectivity index (χ1n) is 9.36. The van der Waals surface area contributed by atoms with Crippen LogP contribution >= 0.6 is 0 Å². The summed E-state index contributed by atoms with van der Waals surface area (Å²) in [5.74, 6) is -0.450. The molecule has 1 saturated heterocycles. The van der Waals surface area contributed by atoms with E-state index in [2.05, 4.69) is 0 Å². The molecule has 2 fully saturated rings. The third-order valence-corrected chi connectivity index (χ3v) is 9.18. The van der Waals surface area contributed by atoms with E-state index in [1.165, 1.54) is 19.3 Å². The third kappa shape index (κ3) is 4.54. The molecule has 0 radical (unpaired) electrons. The Hall–Kier alpha value is -1.00. The fourth-order valence-electron chi connectivity index (χ4n) is 4.13. The summed E-state index contributed by atoms with van der Waals surface area (Å²) in [6.07, 6.45) is 4.53. The summed E-state index contributed by atoms with van der Waals surface area (Å²) in [6.45, 7) is -0.716. The van der Waals surface area contributed by atoms with Gasteiger partial charge in [-0.2, -0.15) is 4.31 Å². The number of nitrogens with zero attached hydrogens (tertiary/aromatic N) is 1. The minimum atomic E-state index is -4.03. The van der Waals surface area contributed by atoms with Gasteiger partial charge in [0, 0.05) is 6.54 Å². The molecule has 2 atom stereocenters. The van der Waals surface area contributed by atoms with Gasteiger partial charge >= 0.3 is 0 Å². The van der Waals surface area contributed by atoms with Crippen molar-refractivity contribution in [1.82, 2.24) is 4.31 Å². The molecule has 0 amide bonds. The van der Waals surface area contributed by atoms with Gasteiger partial charge in [0.25, 0.3) is 0 Å². The van der Waals surface area contributed by atoms with Crippen LogP contribution in [0, 0.1) is 0 Å². The van der Waals surface area contributed by atoms with Gasteiger partial charge in [-0.05, 0) is 36.5 Å². The molecule has 7 nitrogen and oxygen atoms in total. The Morgan fingerprint density at radius 3 is 2.19 bits per heavy atom. The molecule has 1 saturated carbocycles. The highest BCUT2D eigenvalue weighted by Crippen LogP contribution is 2.33. The second kappa shape index (κ2) is 8.16. The zero-order chi connectivity index (χ0) is 19.7. The second-order valence-electron chi connectivity index (χ2n) is 7.45. The molecule has 9 heteroatoms. The van der Waals surface area contributed by atoms with Crippen molar-refractivity contribution < 1.29 is 27.0 Å². The van der Waals surface area contributed by atoms with E-state index < -0.39 is 50.1 Å². The normalized spacial score (nSPS) is 26.5. The maximum Gasteiger partial charge on any atom is 0.243 e. The molecule has 2 aliphatic rings. The number of aliphatic hydroxyl groups excluding tert-OH is 2. The summed E-state index contributed by atoms with van der Waals surface area (Å²) in [6, 6.07) is 5.65. The van der Waals surface area contributed by atoms with Crippen LogP contribution in [-0.2, 0) is 19.9 Å². The molecule has 1 aromatic rings. The zero-order valence-electron chi connectivity index (χ0n) is 15.2. The fourth-order valence-corrected chi connectivity index (χ4v) is 7.67. The number of sulfonamides is 1. The molecular formula is C18H27NO6S2. The van der Waals surface area contributed by atoms with E-state index >= 15 is 0 Å². The standard InChI is InChI=1S/C18H27NO6S2/c20-11-10-19(17-12-26(22,23)13-18(17)21)27(24,25)16-8-6-15(7-9-16)14-4-2-1-3-5-14/h6-9,14,17-18,20-21H,1-5,10-13H2/t17-,18+/m1/s1. The van der Waals surface area contributed by atoms with Crippen molar-refractivity contribution >= 4 is 19.9 Å². The summed E-state index contributed by atoms with van der Waals surface area (Å²) >= 11 is 0. The van der Waals surface area contributed by atoms with Crippen LogP contribution in [0.3, 0.4) is 0 Å². The topological polar surface area (TPSA) is 112 Å². The van der Waals surface area contributed by atoms with Crippen LogP contribution < -0.4 is 0 Å². The number of benzene rings is 1. The van der Waals surface area contributed by atoms with Crippen LogP contribution in [0.2, 0.25) is 0 Å². The molecular weight excluding hydrogens is 390 g/mol. The van der Waals surface area contributed by atoms with E-state index in [9.17, 15) is 27.0 Å². The Morgan fingerprint density at radius 1 is 1.04 bits per heavy atom. The first-order valence-corrected chi connectivity index (χ1v) is 12.6. The minimum absolute atomic E-state index is 0.0482. The molecule has 1 aromatic carbocycles. The monoisotopic (exact) mass is 417 g/mol. The Morgan fingerprint density at radius 2 is 1.67 bits per heavy atom. The molecule has 1 heterocycles. The predicted octanol–water partition coefficient (Wildman–Crippen LogP) is 0.875. The van der Waals surface area contributed by atoms with Gasteiger partial charge in [-0.25, -0.2) is 16.8 Å². The van der Waals surface area contributed by atoms with Gasteiger partial charge < -0.3 is 10.2 Å². The number of aliphatic hydroxyl groups is 2. The molecule has 0 aromatic heterocycles. The summed E-state index contributed by atoms with van der Waals surface area (Å²) in [5.41, 5.74) is 1.12. The number of hydrogen-bond donors (Lipinski definition) is 2. The van der Waals surface area contributed by atoms with Gasteiger partial charge in [-0.3, -0.25) is 0 Å². The van der Waals surface area contributed by atoms with Crippen molar-refractivity contribution in [3.8, 4) is 0 Å². The lowest BCUT2D eigenvalue weighted by atomic mass is 9.84. The number of rotatable bonds is 6. The Labute approximate surface area is 161 Å². The lowest BCUT2D eigenvalue weighted by Gasteiger charge is -2.29. The largest absolute Gasteiger partial charge is 0.395 e. The first-order chi connectivity index (χ1) is 12.7. The van der Waals surface area contributed by atoms with Gasteiger partial charge in [0.2, 0.25) is 10.0 Å². The smallest absolute Gasteiger partial charge is 0.243 e. The molecule has 1 aliphatic carbocycles.